The van der Waals surface area contributed by atoms with E-state index in [4.69, 9.17) is 4.98 Å². The topological polar surface area (TPSA) is 68.2 Å². The summed E-state index contributed by atoms with van der Waals surface area (Å²) in [6, 6.07) is 0.992. The van der Waals surface area contributed by atoms with Crippen LogP contribution in [0.3, 0.4) is 0 Å². The van der Waals surface area contributed by atoms with E-state index in [1.807, 2.05) is 0 Å². The Balaban J connectivity index is 1.64. The fraction of sp³-hybridized carbons (Fsp3) is 0.789. The number of methoxy groups -OCH3 is 1. The minimum Gasteiger partial charge on any atom is -0.453 e. The Morgan fingerprint density at radius 3 is 2.76 bits per heavy atom. The molecule has 2 N–H and O–H groups in total. The third kappa shape index (κ3) is 5.21. The number of hydrogen-bond acceptors (Lipinski definition) is 4. The molecule has 1 unspecified atom stereocenters. The first-order valence-corrected chi connectivity index (χ1v) is 9.82. The summed E-state index contributed by atoms with van der Waals surface area (Å²) < 4.78 is 6.95. The van der Waals surface area contributed by atoms with Gasteiger partial charge in [-0.1, -0.05) is 19.3 Å². The number of imidazole rings is 1. The number of alkyl carbamates (subject to hydrolysis) is 1. The van der Waals surface area contributed by atoms with Crippen molar-refractivity contribution < 1.29 is 9.53 Å². The van der Waals surface area contributed by atoms with Gasteiger partial charge in [0.25, 0.3) is 0 Å². The van der Waals surface area contributed by atoms with Gasteiger partial charge in [-0.15, -0.1) is 0 Å². The first-order chi connectivity index (χ1) is 12.2. The van der Waals surface area contributed by atoms with Gasteiger partial charge in [-0.3, -0.25) is 0 Å². The molecule has 0 aliphatic heterocycles. The number of carbonyl (C=O) groups excluding carboxylic acids is 1. The number of amides is 1. The van der Waals surface area contributed by atoms with Gasteiger partial charge >= 0.3 is 6.09 Å². The molecule has 3 rings (SSSR count). The van der Waals surface area contributed by atoms with Crippen molar-refractivity contribution in [3.63, 3.8) is 0 Å². The third-order valence-corrected chi connectivity index (χ3v) is 5.33. The lowest BCUT2D eigenvalue weighted by Crippen LogP contribution is -2.25. The van der Waals surface area contributed by atoms with Crippen LogP contribution in [0, 0.1) is 0 Å². The van der Waals surface area contributed by atoms with Crippen molar-refractivity contribution in [2.45, 2.75) is 82.8 Å². The Morgan fingerprint density at radius 1 is 1.32 bits per heavy atom. The molecule has 6 heteroatoms. The molecule has 2 saturated carbocycles. The van der Waals surface area contributed by atoms with Crippen molar-refractivity contribution >= 4 is 6.09 Å². The maximum Gasteiger partial charge on any atom is 0.406 e. The number of ether oxygens (including phenoxy) is 1. The predicted molar refractivity (Wildman–Crippen MR) is 97.7 cm³/mol. The summed E-state index contributed by atoms with van der Waals surface area (Å²) >= 11 is 0. The van der Waals surface area contributed by atoms with Crippen LogP contribution in [0.25, 0.3) is 0 Å². The molecular formula is C19H32N4O2. The van der Waals surface area contributed by atoms with E-state index in [9.17, 15) is 4.79 Å². The molecule has 1 aromatic heterocycles. The number of hydrogen-bond donors (Lipinski definition) is 2. The Bertz CT molecular complexity index is 562. The fourth-order valence-electron chi connectivity index (χ4n) is 3.73. The van der Waals surface area contributed by atoms with E-state index in [0.717, 1.165) is 18.7 Å². The predicted octanol–water partition coefficient (Wildman–Crippen LogP) is 3.49. The average Bonchev–Trinajstić information content (AvgIpc) is 3.35. The smallest absolute Gasteiger partial charge is 0.406 e. The standard InChI is InChI=1S/C19H32N4O2/c1-14(21-16-9-10-16)17-13-23(12-6-11-20-19(24)25-2)18(22-17)15-7-4-3-5-8-15/h13-16,21H,3-12H2,1-2H3,(H,20,24). The Kier molecular flexibility index (Phi) is 6.34. The van der Waals surface area contributed by atoms with Gasteiger partial charge in [-0.2, -0.15) is 0 Å². The van der Waals surface area contributed by atoms with Crippen molar-refractivity contribution in [1.82, 2.24) is 20.2 Å². The highest BCUT2D eigenvalue weighted by Gasteiger charge is 2.26. The van der Waals surface area contributed by atoms with E-state index in [1.54, 1.807) is 0 Å². The van der Waals surface area contributed by atoms with Gasteiger partial charge in [-0.05, 0) is 39.0 Å². The molecule has 0 saturated heterocycles. The van der Waals surface area contributed by atoms with Crippen molar-refractivity contribution in [3.8, 4) is 0 Å². The summed E-state index contributed by atoms with van der Waals surface area (Å²) in [6.45, 7) is 3.73. The number of carbonyl (C=O) groups is 1. The highest BCUT2D eigenvalue weighted by molar-refractivity contribution is 5.66. The first kappa shape index (κ1) is 18.2. The van der Waals surface area contributed by atoms with Gasteiger partial charge in [0, 0.05) is 37.3 Å². The van der Waals surface area contributed by atoms with Crippen molar-refractivity contribution in [1.29, 1.82) is 0 Å². The lowest BCUT2D eigenvalue weighted by Gasteiger charge is -2.22. The summed E-state index contributed by atoms with van der Waals surface area (Å²) in [6.07, 6.45) is 11.8. The van der Waals surface area contributed by atoms with Crippen LogP contribution in [0.2, 0.25) is 0 Å². The SMILES string of the molecule is COC(=O)NCCCn1cc(C(C)NC2CC2)nc1C1CCCCC1. The van der Waals surface area contributed by atoms with Crippen LogP contribution >= 0.6 is 0 Å². The molecule has 25 heavy (non-hydrogen) atoms. The second-order valence-electron chi connectivity index (χ2n) is 7.49. The van der Waals surface area contributed by atoms with Crippen LogP contribution in [-0.2, 0) is 11.3 Å². The molecule has 0 aromatic carbocycles. The van der Waals surface area contributed by atoms with Gasteiger partial charge in [-0.25, -0.2) is 9.78 Å². The quantitative estimate of drug-likeness (QED) is 0.706. The molecule has 6 nitrogen and oxygen atoms in total. The number of aryl methyl sites for hydroxylation is 1. The summed E-state index contributed by atoms with van der Waals surface area (Å²) in [4.78, 5) is 16.2. The zero-order chi connectivity index (χ0) is 17.6. The maximum absolute atomic E-state index is 11.2. The minimum absolute atomic E-state index is 0.310. The molecule has 0 radical (unpaired) electrons. The number of rotatable bonds is 8. The van der Waals surface area contributed by atoms with Gasteiger partial charge in [0.15, 0.2) is 0 Å². The summed E-state index contributed by atoms with van der Waals surface area (Å²) in [5, 5.41) is 6.41. The molecule has 140 valence electrons. The van der Waals surface area contributed by atoms with Crippen LogP contribution in [0.4, 0.5) is 4.79 Å². The summed E-state index contributed by atoms with van der Waals surface area (Å²) in [7, 11) is 1.40. The molecule has 0 spiro atoms. The van der Waals surface area contributed by atoms with Crippen molar-refractivity contribution in [2.75, 3.05) is 13.7 Å². The molecule has 2 aliphatic carbocycles. The molecule has 2 fully saturated rings. The zero-order valence-electron chi connectivity index (χ0n) is 15.6. The van der Waals surface area contributed by atoms with Gasteiger partial charge in [0.05, 0.1) is 12.8 Å². The Morgan fingerprint density at radius 2 is 2.08 bits per heavy atom. The Hall–Kier alpha value is -1.56. The summed E-state index contributed by atoms with van der Waals surface area (Å²) in [5.74, 6) is 1.83. The highest BCUT2D eigenvalue weighted by atomic mass is 16.5. The van der Waals surface area contributed by atoms with Crippen LogP contribution in [0.5, 0.6) is 0 Å². The largest absolute Gasteiger partial charge is 0.453 e. The lowest BCUT2D eigenvalue weighted by molar-refractivity contribution is 0.171. The average molecular weight is 348 g/mol. The van der Waals surface area contributed by atoms with Crippen molar-refractivity contribution in [3.05, 3.63) is 17.7 Å². The molecule has 1 aromatic rings. The number of nitrogens with zero attached hydrogens (tertiary/aromatic N) is 2. The second-order valence-corrected chi connectivity index (χ2v) is 7.49. The van der Waals surface area contributed by atoms with E-state index >= 15 is 0 Å². The molecule has 2 aliphatic rings. The van der Waals surface area contributed by atoms with Gasteiger partial charge < -0.3 is 19.9 Å². The third-order valence-electron chi connectivity index (χ3n) is 5.33. The zero-order valence-corrected chi connectivity index (χ0v) is 15.6. The van der Waals surface area contributed by atoms with Crippen LogP contribution in [0.1, 0.15) is 81.8 Å². The summed E-state index contributed by atoms with van der Waals surface area (Å²) in [5.41, 5.74) is 1.16. The van der Waals surface area contributed by atoms with E-state index < -0.39 is 0 Å². The van der Waals surface area contributed by atoms with E-state index in [0.29, 0.717) is 24.5 Å². The minimum atomic E-state index is -0.360. The first-order valence-electron chi connectivity index (χ1n) is 9.82. The van der Waals surface area contributed by atoms with Gasteiger partial charge in [0.1, 0.15) is 5.82 Å². The number of nitrogens with one attached hydrogen (secondary N) is 2. The van der Waals surface area contributed by atoms with E-state index in [1.165, 1.54) is 57.9 Å². The van der Waals surface area contributed by atoms with Crippen LogP contribution in [0.15, 0.2) is 6.20 Å². The van der Waals surface area contributed by atoms with E-state index in [2.05, 4.69) is 33.1 Å². The molecule has 1 atom stereocenters. The normalized spacial score (nSPS) is 19.6. The van der Waals surface area contributed by atoms with Crippen molar-refractivity contribution in [2.24, 2.45) is 0 Å². The molecule has 0 bridgehead atoms. The van der Waals surface area contributed by atoms with Crippen LogP contribution < -0.4 is 10.6 Å². The number of aromatic nitrogens is 2. The lowest BCUT2D eigenvalue weighted by atomic mass is 9.88. The molecular weight excluding hydrogens is 316 g/mol. The Labute approximate surface area is 150 Å². The second kappa shape index (κ2) is 8.70. The fourth-order valence-corrected chi connectivity index (χ4v) is 3.73. The van der Waals surface area contributed by atoms with Crippen LogP contribution in [-0.4, -0.2) is 35.3 Å². The maximum atomic E-state index is 11.2. The monoisotopic (exact) mass is 348 g/mol. The van der Waals surface area contributed by atoms with Gasteiger partial charge in [0.2, 0.25) is 0 Å². The molecule has 1 amide bonds. The van der Waals surface area contributed by atoms with E-state index in [-0.39, 0.29) is 6.09 Å². The molecule has 1 heterocycles. The highest BCUT2D eigenvalue weighted by Crippen LogP contribution is 2.33.